The van der Waals surface area contributed by atoms with Gasteiger partial charge in [-0.15, -0.1) is 0 Å². The largest absolute Gasteiger partial charge is 0.545 e. The highest BCUT2D eigenvalue weighted by atomic mass is 16.7. The van der Waals surface area contributed by atoms with Crippen molar-refractivity contribution >= 4 is 17.9 Å². The second-order valence-corrected chi connectivity index (χ2v) is 31.2. The molecule has 0 aromatic heterocycles. The van der Waals surface area contributed by atoms with Crippen molar-refractivity contribution in [2.24, 2.45) is 0 Å². The highest BCUT2D eigenvalue weighted by molar-refractivity contribution is 5.70. The summed E-state index contributed by atoms with van der Waals surface area (Å²) in [5, 5.41) is 11.9. The molecule has 0 N–H and O–H groups in total. The number of esters is 2. The molecule has 0 aliphatic carbocycles. The molecule has 0 heterocycles. The van der Waals surface area contributed by atoms with Crippen molar-refractivity contribution in [1.29, 1.82) is 0 Å². The molecule has 0 amide bonds. The number of allylic oxidation sites excluding steroid dienone is 8. The molecule has 99 heavy (non-hydrogen) atoms. The molecule has 0 radical (unpaired) electrons. The van der Waals surface area contributed by atoms with Crippen LogP contribution in [0.3, 0.4) is 0 Å². The van der Waals surface area contributed by atoms with Gasteiger partial charge in [-0.2, -0.15) is 0 Å². The number of hydrogen-bond donors (Lipinski definition) is 0. The Bertz CT molecular complexity index is 1770. The van der Waals surface area contributed by atoms with E-state index >= 15 is 0 Å². The molecule has 0 fully saturated rings. The van der Waals surface area contributed by atoms with Crippen molar-refractivity contribution in [2.75, 3.05) is 47.5 Å². The molecule has 0 aliphatic heterocycles. The summed E-state index contributed by atoms with van der Waals surface area (Å²) < 4.78 is 22.9. The molecule has 2 atom stereocenters. The van der Waals surface area contributed by atoms with Gasteiger partial charge in [-0.3, -0.25) is 9.59 Å². The molecule has 0 spiro atoms. The second kappa shape index (κ2) is 80.9. The molecule has 0 bridgehead atoms. The van der Waals surface area contributed by atoms with Crippen molar-refractivity contribution in [3.05, 3.63) is 48.6 Å². The predicted molar refractivity (Wildman–Crippen MR) is 426 cm³/mol. The summed E-state index contributed by atoms with van der Waals surface area (Å²) >= 11 is 0. The first-order valence-corrected chi connectivity index (χ1v) is 43.8. The van der Waals surface area contributed by atoms with Gasteiger partial charge < -0.3 is 33.3 Å². The van der Waals surface area contributed by atoms with Crippen molar-refractivity contribution in [2.45, 2.75) is 463 Å². The first-order valence-electron chi connectivity index (χ1n) is 43.8. The van der Waals surface area contributed by atoms with E-state index in [1.54, 1.807) is 0 Å². The molecule has 9 heteroatoms. The molecule has 9 nitrogen and oxygen atoms in total. The highest BCUT2D eigenvalue weighted by Crippen LogP contribution is 2.21. The fourth-order valence-electron chi connectivity index (χ4n) is 13.4. The average Bonchev–Trinajstić information content (AvgIpc) is 1.41. The van der Waals surface area contributed by atoms with Crippen LogP contribution in [0.25, 0.3) is 0 Å². The number of likely N-dealkylation sites (N-methyl/N-ethyl adjacent to an activating group) is 1. The monoisotopic (exact) mass is 1390 g/mol. The molecular weight excluding hydrogens is 1220 g/mol. The Morgan fingerprint density at radius 2 is 0.545 bits per heavy atom. The van der Waals surface area contributed by atoms with Crippen molar-refractivity contribution in [1.82, 2.24) is 0 Å². The number of carboxylic acids is 1. The van der Waals surface area contributed by atoms with Gasteiger partial charge in [0, 0.05) is 12.8 Å². The first-order chi connectivity index (χ1) is 48.6. The van der Waals surface area contributed by atoms with Crippen LogP contribution in [0, 0.1) is 0 Å². The van der Waals surface area contributed by atoms with Crippen LogP contribution in [0.4, 0.5) is 0 Å². The number of unbranched alkanes of at least 4 members (excludes halogenated alkanes) is 60. The van der Waals surface area contributed by atoms with E-state index < -0.39 is 24.3 Å². The standard InChI is InChI=1S/C90H169NO8/c1-6-8-10-12-14-16-18-20-22-24-26-28-30-32-34-36-38-40-42-44-46-48-50-52-54-56-58-60-62-64-66-68-70-72-74-76-78-80-87(92)97-84-86(85-98-90(89(94)95)96-83-82-91(3,4)5)99-88(93)81-79-77-75-73-71-69-67-65-63-61-59-57-55-53-51-49-47-45-43-41-39-37-35-33-31-29-27-25-23-21-19-17-15-13-11-9-7-2/h18-21,24-27,86,90H,6-17,22-23,28-85H2,1-5H3/b20-18-,21-19-,26-24-,27-25-. The number of quaternary nitrogens is 1. The maximum atomic E-state index is 13.0. The number of carbonyl (C=O) groups excluding carboxylic acids is 3. The van der Waals surface area contributed by atoms with Gasteiger partial charge in [0.15, 0.2) is 12.4 Å². The number of carboxylic acid groups (broad SMARTS) is 1. The first kappa shape index (κ1) is 96.2. The number of nitrogens with zero attached hydrogens (tertiary/aromatic N) is 1. The van der Waals surface area contributed by atoms with Gasteiger partial charge in [0.2, 0.25) is 0 Å². The zero-order valence-corrected chi connectivity index (χ0v) is 66.9. The van der Waals surface area contributed by atoms with E-state index in [4.69, 9.17) is 18.9 Å². The third kappa shape index (κ3) is 82.4. The zero-order valence-electron chi connectivity index (χ0n) is 66.9. The Labute approximate surface area is 616 Å². The molecular formula is C90H169NO8. The average molecular weight is 1390 g/mol. The lowest BCUT2D eigenvalue weighted by Gasteiger charge is -2.26. The van der Waals surface area contributed by atoms with E-state index in [0.29, 0.717) is 17.4 Å². The van der Waals surface area contributed by atoms with E-state index in [0.717, 1.165) is 51.4 Å². The summed E-state index contributed by atoms with van der Waals surface area (Å²) in [5.74, 6) is -2.25. The topological polar surface area (TPSA) is 111 Å². The lowest BCUT2D eigenvalue weighted by molar-refractivity contribution is -0.870. The smallest absolute Gasteiger partial charge is 0.306 e. The van der Waals surface area contributed by atoms with Gasteiger partial charge in [0.05, 0.1) is 40.3 Å². The Hall–Kier alpha value is -2.75. The zero-order chi connectivity index (χ0) is 71.8. The van der Waals surface area contributed by atoms with E-state index in [2.05, 4.69) is 62.5 Å². The predicted octanol–water partition coefficient (Wildman–Crippen LogP) is 27.0. The van der Waals surface area contributed by atoms with Crippen LogP contribution in [0.2, 0.25) is 0 Å². The van der Waals surface area contributed by atoms with E-state index in [9.17, 15) is 19.5 Å². The molecule has 0 aromatic carbocycles. The van der Waals surface area contributed by atoms with Gasteiger partial charge in [0.1, 0.15) is 13.2 Å². The third-order valence-electron chi connectivity index (χ3n) is 20.0. The summed E-state index contributed by atoms with van der Waals surface area (Å²) in [4.78, 5) is 37.7. The minimum atomic E-state index is -1.62. The van der Waals surface area contributed by atoms with Crippen LogP contribution in [0.5, 0.6) is 0 Å². The molecule has 0 aromatic rings. The van der Waals surface area contributed by atoms with Gasteiger partial charge in [-0.05, 0) is 77.0 Å². The number of carbonyl (C=O) groups is 3. The maximum Gasteiger partial charge on any atom is 0.306 e. The Balaban J connectivity index is 3.91. The van der Waals surface area contributed by atoms with Gasteiger partial charge >= 0.3 is 11.9 Å². The molecule has 0 aliphatic rings. The molecule has 0 saturated heterocycles. The quantitative estimate of drug-likeness (QED) is 0.0195. The summed E-state index contributed by atoms with van der Waals surface area (Å²) in [5.41, 5.74) is 0. The van der Waals surface area contributed by atoms with Crippen molar-refractivity contribution < 1.29 is 42.9 Å². The number of hydrogen-bond acceptors (Lipinski definition) is 8. The minimum Gasteiger partial charge on any atom is -0.545 e. The van der Waals surface area contributed by atoms with Gasteiger partial charge in [-0.1, -0.05) is 409 Å². The molecule has 0 rings (SSSR count). The molecule has 2 unspecified atom stereocenters. The van der Waals surface area contributed by atoms with Crippen LogP contribution >= 0.6 is 0 Å². The maximum absolute atomic E-state index is 13.0. The van der Waals surface area contributed by atoms with E-state index in [1.807, 2.05) is 21.1 Å². The van der Waals surface area contributed by atoms with Crippen LogP contribution in [0.15, 0.2) is 48.6 Å². The van der Waals surface area contributed by atoms with Crippen LogP contribution in [-0.4, -0.2) is 82.3 Å². The third-order valence-corrected chi connectivity index (χ3v) is 20.0. The van der Waals surface area contributed by atoms with Crippen molar-refractivity contribution in [3.8, 4) is 0 Å². The molecule has 0 saturated carbocycles. The minimum absolute atomic E-state index is 0.151. The van der Waals surface area contributed by atoms with Crippen LogP contribution in [-0.2, 0) is 33.3 Å². The van der Waals surface area contributed by atoms with E-state index in [1.165, 1.54) is 372 Å². The summed E-state index contributed by atoms with van der Waals surface area (Å²) in [7, 11) is 5.96. The highest BCUT2D eigenvalue weighted by Gasteiger charge is 2.22. The summed E-state index contributed by atoms with van der Waals surface area (Å²) in [6, 6.07) is 0. The Morgan fingerprint density at radius 3 is 0.798 bits per heavy atom. The van der Waals surface area contributed by atoms with Gasteiger partial charge in [0.25, 0.3) is 0 Å². The fraction of sp³-hybridized carbons (Fsp3) is 0.878. The van der Waals surface area contributed by atoms with Crippen LogP contribution < -0.4 is 5.11 Å². The lowest BCUT2D eigenvalue weighted by Crippen LogP contribution is -2.44. The molecule has 582 valence electrons. The van der Waals surface area contributed by atoms with Gasteiger partial charge in [-0.25, -0.2) is 0 Å². The normalized spacial score (nSPS) is 12.8. The number of rotatable bonds is 83. The van der Waals surface area contributed by atoms with E-state index in [-0.39, 0.29) is 32.2 Å². The second-order valence-electron chi connectivity index (χ2n) is 31.2. The van der Waals surface area contributed by atoms with Crippen molar-refractivity contribution in [3.63, 3.8) is 0 Å². The Kier molecular flexibility index (Phi) is 78.7. The lowest BCUT2D eigenvalue weighted by atomic mass is 10.0. The van der Waals surface area contributed by atoms with Crippen LogP contribution in [0.1, 0.15) is 450 Å². The number of ether oxygens (including phenoxy) is 4. The fourth-order valence-corrected chi connectivity index (χ4v) is 13.4. The Morgan fingerprint density at radius 1 is 0.303 bits per heavy atom. The summed E-state index contributed by atoms with van der Waals surface area (Å²) in [6.07, 6.45) is 104. The number of aliphatic carboxylic acids is 1. The SMILES string of the molecule is CCCCCCC/C=C\C/C=C\CCCCCCCCCCCCCCCCCCCCCCCCCCCC(=O)OCC(COC(OCC[N+](C)(C)C)C(=O)[O-])OC(=O)CCCCCCCCCCCCCCCCCCCCCCCCCCC/C=C\C/C=C\CCCCCCC. The summed E-state index contributed by atoms with van der Waals surface area (Å²) in [6.45, 7) is 4.81.